The van der Waals surface area contributed by atoms with Crippen molar-refractivity contribution < 1.29 is 19.1 Å². The van der Waals surface area contributed by atoms with Gasteiger partial charge in [0.05, 0.1) is 23.9 Å². The Morgan fingerprint density at radius 3 is 2.72 bits per heavy atom. The van der Waals surface area contributed by atoms with E-state index in [0.717, 1.165) is 47.8 Å². The van der Waals surface area contributed by atoms with Crippen LogP contribution in [0.25, 0.3) is 21.9 Å². The summed E-state index contributed by atoms with van der Waals surface area (Å²) >= 11 is 0. The molecule has 2 heterocycles. The van der Waals surface area contributed by atoms with Gasteiger partial charge in [0.2, 0.25) is 5.91 Å². The number of amides is 1. The van der Waals surface area contributed by atoms with E-state index in [1.54, 1.807) is 18.2 Å². The maximum atomic E-state index is 12.7. The third-order valence-corrected chi connectivity index (χ3v) is 6.08. The molecule has 1 amide bonds. The molecule has 4 aromatic rings. The van der Waals surface area contributed by atoms with Gasteiger partial charge in [0.25, 0.3) is 0 Å². The van der Waals surface area contributed by atoms with Gasteiger partial charge in [-0.1, -0.05) is 38.8 Å². The van der Waals surface area contributed by atoms with E-state index in [1.165, 1.54) is 6.26 Å². The molecule has 32 heavy (non-hydrogen) atoms. The van der Waals surface area contributed by atoms with Crippen LogP contribution in [0, 0.1) is 5.92 Å². The van der Waals surface area contributed by atoms with Crippen LogP contribution in [-0.2, 0) is 11.3 Å². The minimum atomic E-state index is -0.973. The molecule has 1 unspecified atom stereocenters. The second kappa shape index (κ2) is 9.30. The Morgan fingerprint density at radius 2 is 1.97 bits per heavy atom. The number of fused-ring (bicyclic) bond motifs is 2. The topological polar surface area (TPSA) is 84.5 Å². The summed E-state index contributed by atoms with van der Waals surface area (Å²) in [6.45, 7) is 4.72. The molecule has 0 aliphatic heterocycles. The Balaban J connectivity index is 1.61. The molecule has 0 aliphatic carbocycles. The van der Waals surface area contributed by atoms with E-state index in [9.17, 15) is 14.7 Å². The second-order valence-electron chi connectivity index (χ2n) is 8.19. The highest BCUT2D eigenvalue weighted by Crippen LogP contribution is 2.28. The normalized spacial score (nSPS) is 12.3. The molecule has 166 valence electrons. The van der Waals surface area contributed by atoms with Crippen LogP contribution in [0.5, 0.6) is 0 Å². The molecule has 2 N–H and O–H groups in total. The monoisotopic (exact) mass is 432 g/mol. The van der Waals surface area contributed by atoms with Gasteiger partial charge < -0.3 is 19.4 Å². The van der Waals surface area contributed by atoms with Crippen LogP contribution in [0.15, 0.2) is 59.3 Å². The third-order valence-electron chi connectivity index (χ3n) is 6.08. The summed E-state index contributed by atoms with van der Waals surface area (Å²) in [5.74, 6) is -0.878. The minimum Gasteiger partial charge on any atom is -0.478 e. The van der Waals surface area contributed by atoms with Gasteiger partial charge in [0.15, 0.2) is 0 Å². The fraction of sp³-hybridized carbons (Fsp3) is 0.308. The van der Waals surface area contributed by atoms with Crippen LogP contribution in [0.3, 0.4) is 0 Å². The lowest BCUT2D eigenvalue weighted by atomic mass is 9.98. The van der Waals surface area contributed by atoms with E-state index in [4.69, 9.17) is 4.42 Å². The number of nitrogens with zero attached hydrogens (tertiary/aromatic N) is 1. The van der Waals surface area contributed by atoms with E-state index >= 15 is 0 Å². The number of hydrogen-bond donors (Lipinski definition) is 2. The van der Waals surface area contributed by atoms with Crippen LogP contribution in [0.1, 0.15) is 55.5 Å². The highest BCUT2D eigenvalue weighted by Gasteiger charge is 2.17. The number of rotatable bonds is 9. The number of aromatic carboxylic acids is 1. The smallest absolute Gasteiger partial charge is 0.336 e. The van der Waals surface area contributed by atoms with Crippen molar-refractivity contribution in [2.24, 2.45) is 5.92 Å². The number of nitrogens with one attached hydrogen (secondary N) is 1. The summed E-state index contributed by atoms with van der Waals surface area (Å²) < 4.78 is 7.69. The zero-order valence-electron chi connectivity index (χ0n) is 18.4. The summed E-state index contributed by atoms with van der Waals surface area (Å²) in [6.07, 6.45) is 7.38. The maximum absolute atomic E-state index is 12.7. The quantitative estimate of drug-likeness (QED) is 0.325. The molecule has 0 bridgehead atoms. The third kappa shape index (κ3) is 4.26. The largest absolute Gasteiger partial charge is 0.478 e. The molecule has 0 aliphatic rings. The van der Waals surface area contributed by atoms with Gasteiger partial charge in [-0.05, 0) is 48.6 Å². The minimum absolute atomic E-state index is 0.0254. The van der Waals surface area contributed by atoms with Gasteiger partial charge in [-0.3, -0.25) is 4.79 Å². The van der Waals surface area contributed by atoms with Crippen molar-refractivity contribution in [1.82, 2.24) is 4.57 Å². The average molecular weight is 433 g/mol. The summed E-state index contributed by atoms with van der Waals surface area (Å²) in [5.41, 5.74) is 3.48. The molecule has 0 fully saturated rings. The Kier molecular flexibility index (Phi) is 6.30. The van der Waals surface area contributed by atoms with E-state index in [-0.39, 0.29) is 17.4 Å². The number of carbonyl (C=O) groups excluding carboxylic acids is 1. The lowest BCUT2D eigenvalue weighted by Gasteiger charge is -2.15. The maximum Gasteiger partial charge on any atom is 0.336 e. The van der Waals surface area contributed by atoms with E-state index in [1.807, 2.05) is 30.5 Å². The predicted molar refractivity (Wildman–Crippen MR) is 126 cm³/mol. The van der Waals surface area contributed by atoms with Gasteiger partial charge in [-0.2, -0.15) is 0 Å². The predicted octanol–water partition coefficient (Wildman–Crippen LogP) is 6.29. The van der Waals surface area contributed by atoms with Crippen molar-refractivity contribution in [3.63, 3.8) is 0 Å². The molecule has 0 spiro atoms. The molecule has 2 aromatic heterocycles. The Bertz CT molecular complexity index is 1270. The zero-order valence-corrected chi connectivity index (χ0v) is 18.4. The molecule has 0 saturated heterocycles. The van der Waals surface area contributed by atoms with Crippen molar-refractivity contribution in [2.45, 2.75) is 46.1 Å². The van der Waals surface area contributed by atoms with Gasteiger partial charge in [-0.15, -0.1) is 0 Å². The van der Waals surface area contributed by atoms with Crippen LogP contribution in [-0.4, -0.2) is 21.6 Å². The Hall–Kier alpha value is -3.54. The first kappa shape index (κ1) is 21.7. The molecular formula is C26H28N2O4. The first-order valence-corrected chi connectivity index (χ1v) is 11.1. The number of hydrogen-bond acceptors (Lipinski definition) is 3. The number of anilines is 1. The average Bonchev–Trinajstić information content (AvgIpc) is 3.42. The summed E-state index contributed by atoms with van der Waals surface area (Å²) in [5, 5.41) is 14.2. The number of carboxylic acids is 1. The highest BCUT2D eigenvalue weighted by molar-refractivity contribution is 6.03. The standard InChI is InChI=1S/C26H28N2O4/c1-3-5-6-17(4-2)25(29)27-20-9-7-18-11-13-28(23(18)15-20)16-19-8-10-22(26(30)31)21-12-14-32-24(19)21/h7-15,17H,3-6,16H2,1-2H3,(H,27,29)(H,30,31). The first-order valence-electron chi connectivity index (χ1n) is 11.1. The van der Waals surface area contributed by atoms with Crippen molar-refractivity contribution >= 4 is 39.4 Å². The number of carbonyl (C=O) groups is 2. The SMILES string of the molecule is CCCCC(CC)C(=O)Nc1ccc2ccn(Cc3ccc(C(=O)O)c4ccoc34)c2c1. The molecule has 6 heteroatoms. The van der Waals surface area contributed by atoms with Crippen LogP contribution >= 0.6 is 0 Å². The van der Waals surface area contributed by atoms with Crippen LogP contribution in [0.2, 0.25) is 0 Å². The molecule has 0 saturated carbocycles. The van der Waals surface area contributed by atoms with Crippen molar-refractivity contribution in [1.29, 1.82) is 0 Å². The van der Waals surface area contributed by atoms with E-state index in [2.05, 4.69) is 23.7 Å². The van der Waals surface area contributed by atoms with E-state index in [0.29, 0.717) is 17.5 Å². The van der Waals surface area contributed by atoms with Crippen molar-refractivity contribution in [2.75, 3.05) is 5.32 Å². The van der Waals surface area contributed by atoms with Crippen molar-refractivity contribution in [3.8, 4) is 0 Å². The van der Waals surface area contributed by atoms with Gasteiger partial charge in [0, 0.05) is 28.8 Å². The molecule has 2 aromatic carbocycles. The zero-order chi connectivity index (χ0) is 22.7. The van der Waals surface area contributed by atoms with Gasteiger partial charge >= 0.3 is 5.97 Å². The summed E-state index contributed by atoms with van der Waals surface area (Å²) in [4.78, 5) is 24.2. The van der Waals surface area contributed by atoms with Gasteiger partial charge in [-0.25, -0.2) is 4.79 Å². The number of carboxylic acid groups (broad SMARTS) is 1. The molecule has 6 nitrogen and oxygen atoms in total. The molecule has 1 atom stereocenters. The number of furan rings is 1. The second-order valence-corrected chi connectivity index (χ2v) is 8.19. The Morgan fingerprint density at radius 1 is 1.12 bits per heavy atom. The highest BCUT2D eigenvalue weighted by atomic mass is 16.4. The fourth-order valence-electron chi connectivity index (χ4n) is 4.23. The van der Waals surface area contributed by atoms with E-state index < -0.39 is 5.97 Å². The summed E-state index contributed by atoms with van der Waals surface area (Å²) in [6, 6.07) is 13.1. The molecular weight excluding hydrogens is 404 g/mol. The van der Waals surface area contributed by atoms with Gasteiger partial charge in [0.1, 0.15) is 5.58 Å². The number of benzene rings is 2. The lowest BCUT2D eigenvalue weighted by molar-refractivity contribution is -0.120. The summed E-state index contributed by atoms with van der Waals surface area (Å²) in [7, 11) is 0. The van der Waals surface area contributed by atoms with Crippen LogP contribution < -0.4 is 5.32 Å². The Labute approximate surface area is 186 Å². The molecule has 4 rings (SSSR count). The molecule has 0 radical (unpaired) electrons. The van der Waals surface area contributed by atoms with Crippen LogP contribution in [0.4, 0.5) is 5.69 Å². The number of aromatic nitrogens is 1. The van der Waals surface area contributed by atoms with Crippen molar-refractivity contribution in [3.05, 3.63) is 66.1 Å². The lowest BCUT2D eigenvalue weighted by Crippen LogP contribution is -2.22. The fourth-order valence-corrected chi connectivity index (χ4v) is 4.23. The first-order chi connectivity index (χ1) is 15.5. The number of unbranched alkanes of at least 4 members (excludes halogenated alkanes) is 1.